The lowest BCUT2D eigenvalue weighted by Gasteiger charge is -2.12. The number of amides is 2. The van der Waals surface area contributed by atoms with Crippen LogP contribution in [0.1, 0.15) is 32.9 Å². The number of aryl methyl sites for hydroxylation is 1. The SMILES string of the molecule is Cc1c(C(=O)NNC(=O)c2cc(Cl)c3c(c2)OCCCO3)oc2ccccc12. The highest BCUT2D eigenvalue weighted by atomic mass is 35.5. The summed E-state index contributed by atoms with van der Waals surface area (Å²) in [5, 5.41) is 1.11. The fourth-order valence-corrected chi connectivity index (χ4v) is 3.26. The van der Waals surface area contributed by atoms with Gasteiger partial charge in [-0.15, -0.1) is 0 Å². The molecule has 1 aliphatic rings. The quantitative estimate of drug-likeness (QED) is 0.641. The molecule has 0 saturated carbocycles. The predicted octanol–water partition coefficient (Wildman–Crippen LogP) is 3.63. The van der Waals surface area contributed by atoms with E-state index in [1.165, 1.54) is 12.1 Å². The summed E-state index contributed by atoms with van der Waals surface area (Å²) in [5.74, 6) is -0.146. The molecule has 0 unspecified atom stereocenters. The lowest BCUT2D eigenvalue weighted by Crippen LogP contribution is -2.41. The Morgan fingerprint density at radius 3 is 2.61 bits per heavy atom. The van der Waals surface area contributed by atoms with E-state index in [9.17, 15) is 9.59 Å². The molecule has 2 heterocycles. The standard InChI is InChI=1S/C20H17ClN2O5/c1-11-13-5-2-3-6-15(13)28-17(11)20(25)23-22-19(24)12-9-14(21)18-16(10-12)26-7-4-8-27-18/h2-3,5-6,9-10H,4,7-8H2,1H3,(H,22,24)(H,23,25). The smallest absolute Gasteiger partial charge is 0.305 e. The Morgan fingerprint density at radius 2 is 1.79 bits per heavy atom. The van der Waals surface area contributed by atoms with Gasteiger partial charge in [-0.25, -0.2) is 0 Å². The molecule has 1 aromatic heterocycles. The zero-order valence-electron chi connectivity index (χ0n) is 15.0. The number of fused-ring (bicyclic) bond motifs is 2. The molecule has 28 heavy (non-hydrogen) atoms. The van der Waals surface area contributed by atoms with Crippen LogP contribution in [0.2, 0.25) is 5.02 Å². The largest absolute Gasteiger partial charge is 0.489 e. The molecular formula is C20H17ClN2O5. The van der Waals surface area contributed by atoms with Crippen molar-refractivity contribution in [3.63, 3.8) is 0 Å². The number of carbonyl (C=O) groups is 2. The Balaban J connectivity index is 1.49. The van der Waals surface area contributed by atoms with Crippen LogP contribution in [-0.4, -0.2) is 25.0 Å². The molecule has 2 N–H and O–H groups in total. The molecule has 4 rings (SSSR count). The third-order valence-corrected chi connectivity index (χ3v) is 4.68. The molecule has 0 spiro atoms. The molecule has 3 aromatic rings. The molecule has 2 amide bonds. The Kier molecular flexibility index (Phi) is 4.83. The summed E-state index contributed by atoms with van der Waals surface area (Å²) < 4.78 is 16.7. The van der Waals surface area contributed by atoms with E-state index in [0.717, 1.165) is 11.8 Å². The van der Waals surface area contributed by atoms with Crippen molar-refractivity contribution in [1.29, 1.82) is 0 Å². The number of halogens is 1. The van der Waals surface area contributed by atoms with Gasteiger partial charge in [0, 0.05) is 22.9 Å². The van der Waals surface area contributed by atoms with Gasteiger partial charge in [0.2, 0.25) is 0 Å². The van der Waals surface area contributed by atoms with Crippen LogP contribution in [0.5, 0.6) is 11.5 Å². The van der Waals surface area contributed by atoms with Crippen molar-refractivity contribution in [2.24, 2.45) is 0 Å². The van der Waals surface area contributed by atoms with Gasteiger partial charge in [-0.2, -0.15) is 0 Å². The third kappa shape index (κ3) is 3.36. The zero-order chi connectivity index (χ0) is 19.7. The van der Waals surface area contributed by atoms with Crippen LogP contribution >= 0.6 is 11.6 Å². The van der Waals surface area contributed by atoms with Crippen molar-refractivity contribution in [2.45, 2.75) is 13.3 Å². The van der Waals surface area contributed by atoms with E-state index in [1.54, 1.807) is 13.0 Å². The number of nitrogens with one attached hydrogen (secondary N) is 2. The highest BCUT2D eigenvalue weighted by Gasteiger charge is 2.21. The average molecular weight is 401 g/mol. The van der Waals surface area contributed by atoms with E-state index in [2.05, 4.69) is 10.9 Å². The predicted molar refractivity (Wildman–Crippen MR) is 103 cm³/mol. The molecule has 1 aliphatic heterocycles. The summed E-state index contributed by atoms with van der Waals surface area (Å²) in [4.78, 5) is 24.9. The van der Waals surface area contributed by atoms with Gasteiger partial charge < -0.3 is 13.9 Å². The first-order valence-electron chi connectivity index (χ1n) is 8.72. The first kappa shape index (κ1) is 18.2. The zero-order valence-corrected chi connectivity index (χ0v) is 15.8. The lowest BCUT2D eigenvalue weighted by atomic mass is 10.1. The van der Waals surface area contributed by atoms with Crippen LogP contribution in [-0.2, 0) is 0 Å². The number of para-hydroxylation sites is 1. The molecule has 8 heteroatoms. The summed E-state index contributed by atoms with van der Waals surface area (Å²) in [6.07, 6.45) is 0.722. The van der Waals surface area contributed by atoms with E-state index in [-0.39, 0.29) is 16.3 Å². The van der Waals surface area contributed by atoms with Crippen molar-refractivity contribution in [2.75, 3.05) is 13.2 Å². The van der Waals surface area contributed by atoms with E-state index >= 15 is 0 Å². The monoisotopic (exact) mass is 400 g/mol. The van der Waals surface area contributed by atoms with Gasteiger partial charge in [0.1, 0.15) is 5.58 Å². The second-order valence-corrected chi connectivity index (χ2v) is 6.70. The maximum absolute atomic E-state index is 12.5. The second-order valence-electron chi connectivity index (χ2n) is 6.30. The lowest BCUT2D eigenvalue weighted by molar-refractivity contribution is 0.0831. The Morgan fingerprint density at radius 1 is 1.04 bits per heavy atom. The Labute approximate surface area is 165 Å². The fourth-order valence-electron chi connectivity index (χ4n) is 3.00. The van der Waals surface area contributed by atoms with Gasteiger partial charge in [0.15, 0.2) is 17.3 Å². The number of ether oxygens (including phenoxy) is 2. The summed E-state index contributed by atoms with van der Waals surface area (Å²) in [6, 6.07) is 10.3. The first-order chi connectivity index (χ1) is 13.5. The Bertz CT molecular complexity index is 1080. The summed E-state index contributed by atoms with van der Waals surface area (Å²) >= 11 is 6.20. The molecule has 2 aromatic carbocycles. The summed E-state index contributed by atoms with van der Waals surface area (Å²) in [6.45, 7) is 2.74. The van der Waals surface area contributed by atoms with Crippen LogP contribution in [0.15, 0.2) is 40.8 Å². The van der Waals surface area contributed by atoms with Crippen molar-refractivity contribution in [3.05, 3.63) is 58.3 Å². The van der Waals surface area contributed by atoms with E-state index < -0.39 is 11.8 Å². The first-order valence-corrected chi connectivity index (χ1v) is 9.10. The maximum Gasteiger partial charge on any atom is 0.305 e. The van der Waals surface area contributed by atoms with Crippen LogP contribution in [0.25, 0.3) is 11.0 Å². The van der Waals surface area contributed by atoms with Crippen LogP contribution in [0, 0.1) is 6.92 Å². The third-order valence-electron chi connectivity index (χ3n) is 4.40. The second kappa shape index (κ2) is 7.44. The Hall–Kier alpha value is -3.19. The van der Waals surface area contributed by atoms with Gasteiger partial charge in [0.25, 0.3) is 5.91 Å². The highest BCUT2D eigenvalue weighted by Crippen LogP contribution is 2.37. The number of hydrogen-bond donors (Lipinski definition) is 2. The number of hydrazine groups is 1. The minimum atomic E-state index is -0.553. The molecule has 0 atom stereocenters. The van der Waals surface area contributed by atoms with E-state index in [4.69, 9.17) is 25.5 Å². The van der Waals surface area contributed by atoms with Gasteiger partial charge in [-0.3, -0.25) is 20.4 Å². The fraction of sp³-hybridized carbons (Fsp3) is 0.200. The molecule has 0 radical (unpaired) electrons. The van der Waals surface area contributed by atoms with Crippen molar-refractivity contribution in [1.82, 2.24) is 10.9 Å². The van der Waals surface area contributed by atoms with Gasteiger partial charge in [-0.05, 0) is 25.1 Å². The molecule has 0 bridgehead atoms. The molecular weight excluding hydrogens is 384 g/mol. The maximum atomic E-state index is 12.5. The topological polar surface area (TPSA) is 89.8 Å². The van der Waals surface area contributed by atoms with Crippen molar-refractivity contribution >= 4 is 34.4 Å². The number of carbonyl (C=O) groups excluding carboxylic acids is 2. The van der Waals surface area contributed by atoms with Crippen LogP contribution < -0.4 is 20.3 Å². The van der Waals surface area contributed by atoms with Crippen LogP contribution in [0.4, 0.5) is 0 Å². The highest BCUT2D eigenvalue weighted by molar-refractivity contribution is 6.32. The summed E-state index contributed by atoms with van der Waals surface area (Å²) in [5.41, 5.74) is 6.26. The molecule has 0 fully saturated rings. The molecule has 7 nitrogen and oxygen atoms in total. The number of rotatable bonds is 2. The van der Waals surface area contributed by atoms with Crippen molar-refractivity contribution < 1.29 is 23.5 Å². The molecule has 144 valence electrons. The van der Waals surface area contributed by atoms with Gasteiger partial charge >= 0.3 is 5.91 Å². The number of benzene rings is 2. The minimum absolute atomic E-state index is 0.137. The average Bonchev–Trinajstić information content (AvgIpc) is 2.87. The van der Waals surface area contributed by atoms with E-state index in [1.807, 2.05) is 18.2 Å². The van der Waals surface area contributed by atoms with Crippen LogP contribution in [0.3, 0.4) is 0 Å². The molecule has 0 saturated heterocycles. The van der Waals surface area contributed by atoms with Crippen molar-refractivity contribution in [3.8, 4) is 11.5 Å². The molecule has 0 aliphatic carbocycles. The minimum Gasteiger partial charge on any atom is -0.489 e. The summed E-state index contributed by atoms with van der Waals surface area (Å²) in [7, 11) is 0. The van der Waals surface area contributed by atoms with E-state index in [0.29, 0.717) is 35.9 Å². The van der Waals surface area contributed by atoms with Gasteiger partial charge in [-0.1, -0.05) is 29.8 Å². The van der Waals surface area contributed by atoms with Gasteiger partial charge in [0.05, 0.1) is 18.2 Å². The number of hydrogen-bond acceptors (Lipinski definition) is 5. The normalized spacial score (nSPS) is 13.1. The number of furan rings is 1.